The molecule has 0 spiro atoms. The molecule has 2 amide bonds. The summed E-state index contributed by atoms with van der Waals surface area (Å²) in [6, 6.07) is 9.02. The van der Waals surface area contributed by atoms with Gasteiger partial charge in [0.2, 0.25) is 5.91 Å². The van der Waals surface area contributed by atoms with Crippen LogP contribution in [0.2, 0.25) is 0 Å². The first kappa shape index (κ1) is 14.9. The van der Waals surface area contributed by atoms with Crippen LogP contribution in [0, 0.1) is 0 Å². The Balaban J connectivity index is 1.65. The van der Waals surface area contributed by atoms with Gasteiger partial charge in [0.25, 0.3) is 0 Å². The number of carbonyl (C=O) groups is 2. The van der Waals surface area contributed by atoms with Crippen molar-refractivity contribution < 1.29 is 18.4 Å². The van der Waals surface area contributed by atoms with E-state index in [2.05, 4.69) is 17.8 Å². The van der Waals surface area contributed by atoms with Crippen LogP contribution in [0.15, 0.2) is 51.7 Å². The van der Waals surface area contributed by atoms with E-state index in [4.69, 9.17) is 8.83 Å². The maximum atomic E-state index is 12.0. The zero-order chi connectivity index (χ0) is 16.2. The predicted molar refractivity (Wildman–Crippen MR) is 83.6 cm³/mol. The van der Waals surface area contributed by atoms with Crippen LogP contribution in [0.4, 0.5) is 0 Å². The zero-order valence-electron chi connectivity index (χ0n) is 12.6. The molecule has 3 aromatic rings. The molecular formula is C17H16N2O4. The SMILES string of the molecule is CCc1ccc2occ(CC(=O)NNC(=O)c3ccco3)c2c1. The third-order valence-electron chi connectivity index (χ3n) is 3.54. The van der Waals surface area contributed by atoms with Crippen LogP contribution in [0.3, 0.4) is 0 Å². The molecule has 0 atom stereocenters. The normalized spacial score (nSPS) is 10.7. The number of hydrazine groups is 1. The summed E-state index contributed by atoms with van der Waals surface area (Å²) in [7, 11) is 0. The smallest absolute Gasteiger partial charge is 0.305 e. The molecule has 2 aromatic heterocycles. The molecular weight excluding hydrogens is 296 g/mol. The Morgan fingerprint density at radius 2 is 2.00 bits per heavy atom. The minimum absolute atomic E-state index is 0.110. The van der Waals surface area contributed by atoms with E-state index < -0.39 is 5.91 Å². The lowest BCUT2D eigenvalue weighted by atomic mass is 10.1. The van der Waals surface area contributed by atoms with E-state index in [1.807, 2.05) is 18.2 Å². The van der Waals surface area contributed by atoms with Crippen LogP contribution >= 0.6 is 0 Å². The highest BCUT2D eigenvalue weighted by Gasteiger charge is 2.13. The Bertz CT molecular complexity index is 834. The minimum atomic E-state index is -0.506. The van der Waals surface area contributed by atoms with E-state index in [-0.39, 0.29) is 18.1 Å². The molecule has 2 N–H and O–H groups in total. The van der Waals surface area contributed by atoms with Gasteiger partial charge in [-0.25, -0.2) is 0 Å². The van der Waals surface area contributed by atoms with Gasteiger partial charge in [-0.05, 0) is 36.2 Å². The molecule has 0 unspecified atom stereocenters. The number of aryl methyl sites for hydroxylation is 1. The highest BCUT2D eigenvalue weighted by Crippen LogP contribution is 2.23. The molecule has 0 radical (unpaired) electrons. The van der Waals surface area contributed by atoms with Crippen molar-refractivity contribution in [2.24, 2.45) is 0 Å². The van der Waals surface area contributed by atoms with E-state index in [1.54, 1.807) is 12.3 Å². The fraction of sp³-hybridized carbons (Fsp3) is 0.176. The highest BCUT2D eigenvalue weighted by molar-refractivity contribution is 5.94. The van der Waals surface area contributed by atoms with Crippen LogP contribution in [0.25, 0.3) is 11.0 Å². The van der Waals surface area contributed by atoms with Crippen molar-refractivity contribution in [2.45, 2.75) is 19.8 Å². The van der Waals surface area contributed by atoms with E-state index in [0.717, 1.165) is 23.0 Å². The number of carbonyl (C=O) groups excluding carboxylic acids is 2. The largest absolute Gasteiger partial charge is 0.464 e. The lowest BCUT2D eigenvalue weighted by Gasteiger charge is -2.05. The van der Waals surface area contributed by atoms with Gasteiger partial charge in [-0.2, -0.15) is 0 Å². The summed E-state index contributed by atoms with van der Waals surface area (Å²) in [6.45, 7) is 2.07. The maximum Gasteiger partial charge on any atom is 0.305 e. The van der Waals surface area contributed by atoms with Crippen molar-refractivity contribution in [2.75, 3.05) is 0 Å². The predicted octanol–water partition coefficient (Wildman–Crippen LogP) is 2.59. The van der Waals surface area contributed by atoms with E-state index in [9.17, 15) is 9.59 Å². The molecule has 118 valence electrons. The number of rotatable bonds is 4. The summed E-state index contributed by atoms with van der Waals surface area (Å²) in [4.78, 5) is 23.7. The van der Waals surface area contributed by atoms with E-state index in [0.29, 0.717) is 0 Å². The molecule has 0 aliphatic carbocycles. The first-order valence-electron chi connectivity index (χ1n) is 7.29. The van der Waals surface area contributed by atoms with Crippen LogP contribution in [0.1, 0.15) is 28.6 Å². The summed E-state index contributed by atoms with van der Waals surface area (Å²) < 4.78 is 10.4. The number of benzene rings is 1. The molecule has 0 bridgehead atoms. The Labute approximate surface area is 132 Å². The number of furan rings is 2. The van der Waals surface area contributed by atoms with Gasteiger partial charge in [0, 0.05) is 10.9 Å². The molecule has 2 heterocycles. The second-order valence-electron chi connectivity index (χ2n) is 5.10. The average Bonchev–Trinajstić information content (AvgIpc) is 3.22. The van der Waals surface area contributed by atoms with Crippen LogP contribution in [-0.4, -0.2) is 11.8 Å². The van der Waals surface area contributed by atoms with Gasteiger partial charge in [0.05, 0.1) is 18.9 Å². The van der Waals surface area contributed by atoms with Crippen LogP contribution in [0.5, 0.6) is 0 Å². The fourth-order valence-electron chi connectivity index (χ4n) is 2.30. The number of hydrogen-bond acceptors (Lipinski definition) is 4. The van der Waals surface area contributed by atoms with Crippen LogP contribution in [-0.2, 0) is 17.6 Å². The van der Waals surface area contributed by atoms with Gasteiger partial charge in [-0.3, -0.25) is 20.4 Å². The van der Waals surface area contributed by atoms with Gasteiger partial charge in [-0.15, -0.1) is 0 Å². The summed E-state index contributed by atoms with van der Waals surface area (Å²) in [6.07, 6.45) is 3.97. The molecule has 0 saturated heterocycles. The van der Waals surface area contributed by atoms with Crippen molar-refractivity contribution in [1.82, 2.24) is 10.9 Å². The summed E-state index contributed by atoms with van der Waals surface area (Å²) in [5.41, 5.74) is 7.36. The van der Waals surface area contributed by atoms with Crippen LogP contribution < -0.4 is 10.9 Å². The van der Waals surface area contributed by atoms with Crippen molar-refractivity contribution in [3.63, 3.8) is 0 Å². The quantitative estimate of drug-likeness (QED) is 0.725. The Hall–Kier alpha value is -3.02. The van der Waals surface area contributed by atoms with E-state index in [1.165, 1.54) is 17.9 Å². The van der Waals surface area contributed by atoms with Gasteiger partial charge in [0.1, 0.15) is 5.58 Å². The maximum absolute atomic E-state index is 12.0. The van der Waals surface area contributed by atoms with E-state index >= 15 is 0 Å². The molecule has 1 aromatic carbocycles. The first-order valence-corrected chi connectivity index (χ1v) is 7.29. The number of hydrogen-bond donors (Lipinski definition) is 2. The standard InChI is InChI=1S/C17H16N2O4/c1-2-11-5-6-14-13(8-11)12(10-23-14)9-16(20)18-19-17(21)15-4-3-7-22-15/h3-8,10H,2,9H2,1H3,(H,18,20)(H,19,21). The second-order valence-corrected chi connectivity index (χ2v) is 5.10. The average molecular weight is 312 g/mol. The molecule has 23 heavy (non-hydrogen) atoms. The lowest BCUT2D eigenvalue weighted by Crippen LogP contribution is -2.42. The molecule has 0 saturated carbocycles. The lowest BCUT2D eigenvalue weighted by molar-refractivity contribution is -0.121. The van der Waals surface area contributed by atoms with Crippen molar-refractivity contribution in [3.8, 4) is 0 Å². The Morgan fingerprint density at radius 3 is 2.74 bits per heavy atom. The topological polar surface area (TPSA) is 84.5 Å². The Kier molecular flexibility index (Phi) is 4.14. The summed E-state index contributed by atoms with van der Waals surface area (Å²) in [5.74, 6) is -0.713. The van der Waals surface area contributed by atoms with Crippen molar-refractivity contribution in [1.29, 1.82) is 0 Å². The third kappa shape index (κ3) is 3.26. The number of amides is 2. The first-order chi connectivity index (χ1) is 11.2. The zero-order valence-corrected chi connectivity index (χ0v) is 12.6. The number of fused-ring (bicyclic) bond motifs is 1. The summed E-state index contributed by atoms with van der Waals surface area (Å²) >= 11 is 0. The van der Waals surface area contributed by atoms with Gasteiger partial charge < -0.3 is 8.83 Å². The minimum Gasteiger partial charge on any atom is -0.464 e. The molecule has 0 fully saturated rings. The molecule has 0 aliphatic heterocycles. The highest BCUT2D eigenvalue weighted by atomic mass is 16.3. The van der Waals surface area contributed by atoms with Gasteiger partial charge >= 0.3 is 5.91 Å². The second kappa shape index (κ2) is 6.39. The molecule has 6 heteroatoms. The van der Waals surface area contributed by atoms with Gasteiger partial charge in [-0.1, -0.05) is 13.0 Å². The summed E-state index contributed by atoms with van der Waals surface area (Å²) in [5, 5.41) is 0.914. The third-order valence-corrected chi connectivity index (χ3v) is 3.54. The van der Waals surface area contributed by atoms with Crippen molar-refractivity contribution >= 4 is 22.8 Å². The molecule has 6 nitrogen and oxygen atoms in total. The molecule has 0 aliphatic rings. The Morgan fingerprint density at radius 1 is 1.13 bits per heavy atom. The monoisotopic (exact) mass is 312 g/mol. The number of nitrogens with one attached hydrogen (secondary N) is 2. The van der Waals surface area contributed by atoms with Gasteiger partial charge in [0.15, 0.2) is 5.76 Å². The fourth-order valence-corrected chi connectivity index (χ4v) is 2.30. The molecule has 3 rings (SSSR count). The van der Waals surface area contributed by atoms with Crippen molar-refractivity contribution in [3.05, 3.63) is 59.7 Å².